The van der Waals surface area contributed by atoms with Gasteiger partial charge in [0.15, 0.2) is 0 Å². The number of likely N-dealkylation sites (N-methyl/N-ethyl adjacent to an activating group) is 1. The van der Waals surface area contributed by atoms with Gasteiger partial charge in [0.25, 0.3) is 0 Å². The van der Waals surface area contributed by atoms with Crippen LogP contribution in [0.5, 0.6) is 0 Å². The van der Waals surface area contributed by atoms with Crippen LogP contribution in [0.2, 0.25) is 0 Å². The molecule has 4 heteroatoms. The molecule has 1 aromatic rings. The SMILES string of the molecule is CCNC(Cc1ncns1)CC(C)C. The Kier molecular flexibility index (Phi) is 5.04. The van der Waals surface area contributed by atoms with Crippen LogP contribution in [0.3, 0.4) is 0 Å². The van der Waals surface area contributed by atoms with Crippen molar-refractivity contribution >= 4 is 11.5 Å². The highest BCUT2D eigenvalue weighted by Gasteiger charge is 2.11. The molecule has 1 N–H and O–H groups in total. The maximum absolute atomic E-state index is 4.21. The molecule has 0 saturated carbocycles. The van der Waals surface area contributed by atoms with Crippen molar-refractivity contribution in [3.05, 3.63) is 11.3 Å². The zero-order chi connectivity index (χ0) is 10.4. The molecule has 0 radical (unpaired) electrons. The summed E-state index contributed by atoms with van der Waals surface area (Å²) in [5, 5.41) is 4.63. The molecule has 0 amide bonds. The topological polar surface area (TPSA) is 37.8 Å². The van der Waals surface area contributed by atoms with Gasteiger partial charge in [0.1, 0.15) is 11.3 Å². The first-order valence-corrected chi connectivity index (χ1v) is 5.98. The summed E-state index contributed by atoms with van der Waals surface area (Å²) in [6, 6.07) is 0.549. The standard InChI is InChI=1S/C10H19N3S/c1-4-11-9(5-8(2)3)6-10-12-7-13-14-10/h7-9,11H,4-6H2,1-3H3. The number of rotatable bonds is 6. The van der Waals surface area contributed by atoms with Gasteiger partial charge in [0.05, 0.1) is 0 Å². The van der Waals surface area contributed by atoms with E-state index in [4.69, 9.17) is 0 Å². The van der Waals surface area contributed by atoms with E-state index in [1.54, 1.807) is 6.33 Å². The Morgan fingerprint density at radius 1 is 1.50 bits per heavy atom. The molecule has 0 aliphatic rings. The molecule has 3 nitrogen and oxygen atoms in total. The summed E-state index contributed by atoms with van der Waals surface area (Å²) >= 11 is 1.50. The molecule has 1 aromatic heterocycles. The summed E-state index contributed by atoms with van der Waals surface area (Å²) in [4.78, 5) is 4.21. The molecular formula is C10H19N3S. The third-order valence-electron chi connectivity index (χ3n) is 2.08. The Labute approximate surface area is 90.1 Å². The lowest BCUT2D eigenvalue weighted by Gasteiger charge is -2.18. The Bertz CT molecular complexity index is 234. The van der Waals surface area contributed by atoms with E-state index in [-0.39, 0.29) is 0 Å². The van der Waals surface area contributed by atoms with Crippen LogP contribution in [0.15, 0.2) is 6.33 Å². The quantitative estimate of drug-likeness (QED) is 0.786. The molecular weight excluding hydrogens is 194 g/mol. The van der Waals surface area contributed by atoms with Gasteiger partial charge < -0.3 is 5.32 Å². The molecule has 0 aliphatic heterocycles. The smallest absolute Gasteiger partial charge is 0.129 e. The van der Waals surface area contributed by atoms with Crippen LogP contribution in [-0.4, -0.2) is 21.9 Å². The van der Waals surface area contributed by atoms with Crippen LogP contribution in [0.4, 0.5) is 0 Å². The average molecular weight is 213 g/mol. The van der Waals surface area contributed by atoms with Crippen molar-refractivity contribution in [2.24, 2.45) is 5.92 Å². The van der Waals surface area contributed by atoms with Crippen LogP contribution in [-0.2, 0) is 6.42 Å². The van der Waals surface area contributed by atoms with Crippen molar-refractivity contribution in [1.82, 2.24) is 14.7 Å². The molecule has 0 saturated heterocycles. The second-order valence-corrected chi connectivity index (χ2v) is 4.79. The van der Waals surface area contributed by atoms with Crippen molar-refractivity contribution in [2.45, 2.75) is 39.7 Å². The van der Waals surface area contributed by atoms with Gasteiger partial charge in [-0.1, -0.05) is 20.8 Å². The van der Waals surface area contributed by atoms with Gasteiger partial charge in [0, 0.05) is 12.5 Å². The van der Waals surface area contributed by atoms with Gasteiger partial charge in [-0.3, -0.25) is 0 Å². The Hall–Kier alpha value is -0.480. The van der Waals surface area contributed by atoms with Crippen LogP contribution >= 0.6 is 11.5 Å². The summed E-state index contributed by atoms with van der Waals surface area (Å²) in [5.74, 6) is 0.729. The number of aromatic nitrogens is 2. The molecule has 1 heterocycles. The maximum atomic E-state index is 4.21. The average Bonchev–Trinajstić information content (AvgIpc) is 2.56. The lowest BCUT2D eigenvalue weighted by atomic mass is 10.0. The summed E-state index contributed by atoms with van der Waals surface area (Å²) in [6.07, 6.45) is 3.85. The molecule has 1 rings (SSSR count). The molecule has 0 spiro atoms. The van der Waals surface area contributed by atoms with Crippen molar-refractivity contribution in [3.8, 4) is 0 Å². The van der Waals surface area contributed by atoms with Gasteiger partial charge in [-0.15, -0.1) is 0 Å². The second-order valence-electron chi connectivity index (χ2n) is 3.92. The molecule has 14 heavy (non-hydrogen) atoms. The summed E-state index contributed by atoms with van der Waals surface area (Å²) in [5.41, 5.74) is 0. The number of nitrogens with zero attached hydrogens (tertiary/aromatic N) is 2. The Balaban J connectivity index is 2.42. The van der Waals surface area contributed by atoms with E-state index < -0.39 is 0 Å². The van der Waals surface area contributed by atoms with E-state index in [1.165, 1.54) is 18.0 Å². The third-order valence-corrected chi connectivity index (χ3v) is 2.76. The normalized spacial score (nSPS) is 13.4. The summed E-state index contributed by atoms with van der Waals surface area (Å²) < 4.78 is 4.02. The summed E-state index contributed by atoms with van der Waals surface area (Å²) in [6.45, 7) is 7.68. The molecule has 0 bridgehead atoms. The van der Waals surface area contributed by atoms with Gasteiger partial charge in [-0.05, 0) is 30.4 Å². The van der Waals surface area contributed by atoms with Crippen LogP contribution in [0.1, 0.15) is 32.2 Å². The van der Waals surface area contributed by atoms with Crippen LogP contribution < -0.4 is 5.32 Å². The first kappa shape index (κ1) is 11.6. The van der Waals surface area contributed by atoms with Crippen molar-refractivity contribution in [3.63, 3.8) is 0 Å². The van der Waals surface area contributed by atoms with E-state index in [2.05, 4.69) is 35.4 Å². The van der Waals surface area contributed by atoms with Crippen LogP contribution in [0, 0.1) is 5.92 Å². The second kappa shape index (κ2) is 6.09. The van der Waals surface area contributed by atoms with Gasteiger partial charge in [0.2, 0.25) is 0 Å². The Morgan fingerprint density at radius 2 is 2.29 bits per heavy atom. The van der Waals surface area contributed by atoms with Crippen molar-refractivity contribution in [2.75, 3.05) is 6.54 Å². The highest BCUT2D eigenvalue weighted by molar-refractivity contribution is 7.05. The maximum Gasteiger partial charge on any atom is 0.129 e. The van der Waals surface area contributed by atoms with E-state index in [0.717, 1.165) is 23.9 Å². The van der Waals surface area contributed by atoms with E-state index in [0.29, 0.717) is 6.04 Å². The lowest BCUT2D eigenvalue weighted by Crippen LogP contribution is -2.32. The molecule has 1 atom stereocenters. The minimum absolute atomic E-state index is 0.549. The number of nitrogens with one attached hydrogen (secondary N) is 1. The molecule has 0 fully saturated rings. The predicted molar refractivity (Wildman–Crippen MR) is 60.5 cm³/mol. The summed E-state index contributed by atoms with van der Waals surface area (Å²) in [7, 11) is 0. The molecule has 80 valence electrons. The third kappa shape index (κ3) is 4.15. The number of hydrogen-bond acceptors (Lipinski definition) is 4. The van der Waals surface area contributed by atoms with Gasteiger partial charge >= 0.3 is 0 Å². The van der Waals surface area contributed by atoms with Gasteiger partial charge in [-0.25, -0.2) is 4.98 Å². The van der Waals surface area contributed by atoms with Gasteiger partial charge in [-0.2, -0.15) is 4.37 Å². The fourth-order valence-electron chi connectivity index (χ4n) is 1.59. The minimum Gasteiger partial charge on any atom is -0.314 e. The monoisotopic (exact) mass is 213 g/mol. The van der Waals surface area contributed by atoms with Crippen molar-refractivity contribution < 1.29 is 0 Å². The first-order chi connectivity index (χ1) is 6.72. The fraction of sp³-hybridized carbons (Fsp3) is 0.800. The molecule has 1 unspecified atom stereocenters. The van der Waals surface area contributed by atoms with E-state index in [1.807, 2.05) is 0 Å². The first-order valence-electron chi connectivity index (χ1n) is 5.21. The minimum atomic E-state index is 0.549. The zero-order valence-corrected chi connectivity index (χ0v) is 9.97. The Morgan fingerprint density at radius 3 is 2.79 bits per heavy atom. The van der Waals surface area contributed by atoms with E-state index >= 15 is 0 Å². The van der Waals surface area contributed by atoms with Crippen molar-refractivity contribution in [1.29, 1.82) is 0 Å². The zero-order valence-electron chi connectivity index (χ0n) is 9.16. The highest BCUT2D eigenvalue weighted by Crippen LogP contribution is 2.11. The predicted octanol–water partition coefficient (Wildman–Crippen LogP) is 2.10. The largest absolute Gasteiger partial charge is 0.314 e. The highest BCUT2D eigenvalue weighted by atomic mass is 32.1. The fourth-order valence-corrected chi connectivity index (χ4v) is 2.18. The molecule has 0 aromatic carbocycles. The van der Waals surface area contributed by atoms with E-state index in [9.17, 15) is 0 Å². The molecule has 0 aliphatic carbocycles. The number of hydrogen-bond donors (Lipinski definition) is 1. The van der Waals surface area contributed by atoms with Crippen LogP contribution in [0.25, 0.3) is 0 Å². The lowest BCUT2D eigenvalue weighted by molar-refractivity contribution is 0.423.